The number of hydrogen-bond acceptors (Lipinski definition) is 4. The van der Waals surface area contributed by atoms with Gasteiger partial charge in [0, 0.05) is 18.0 Å². The van der Waals surface area contributed by atoms with Crippen LogP contribution in [0.2, 0.25) is 0 Å². The minimum Gasteiger partial charge on any atom is -0.467 e. The molecule has 0 spiro atoms. The lowest BCUT2D eigenvalue weighted by Gasteiger charge is -2.16. The van der Waals surface area contributed by atoms with Gasteiger partial charge in [0.2, 0.25) is 11.8 Å². The fourth-order valence-electron chi connectivity index (χ4n) is 3.26. The predicted molar refractivity (Wildman–Crippen MR) is 106 cm³/mol. The minimum absolute atomic E-state index is 0.0178. The maximum atomic E-state index is 12.6. The number of carbonyl (C=O) groups excluding carboxylic acids is 2. The number of amides is 2. The van der Waals surface area contributed by atoms with E-state index in [-0.39, 0.29) is 24.8 Å². The average molecular weight is 376 g/mol. The van der Waals surface area contributed by atoms with E-state index in [1.807, 2.05) is 36.4 Å². The maximum Gasteiger partial charge on any atom is 0.239 e. The highest BCUT2D eigenvalue weighted by molar-refractivity contribution is 6.08. The molecule has 2 aromatic carbocycles. The lowest BCUT2D eigenvalue weighted by molar-refractivity contribution is -0.134. The van der Waals surface area contributed by atoms with E-state index in [1.54, 1.807) is 31.7 Å². The number of hydrogen-bond donors (Lipinski definition) is 1. The number of benzene rings is 2. The Labute approximate surface area is 161 Å². The van der Waals surface area contributed by atoms with E-state index >= 15 is 0 Å². The van der Waals surface area contributed by atoms with E-state index in [0.717, 1.165) is 27.3 Å². The van der Waals surface area contributed by atoms with Crippen LogP contribution in [0.1, 0.15) is 11.3 Å². The van der Waals surface area contributed by atoms with Crippen LogP contribution in [0.4, 0.5) is 0 Å². The molecular formula is C22H20N2O4. The molecule has 0 aliphatic rings. The largest absolute Gasteiger partial charge is 0.467 e. The zero-order valence-corrected chi connectivity index (χ0v) is 15.5. The van der Waals surface area contributed by atoms with Gasteiger partial charge in [-0.25, -0.2) is 0 Å². The molecule has 142 valence electrons. The Hall–Kier alpha value is -3.54. The quantitative estimate of drug-likeness (QED) is 0.559. The molecule has 28 heavy (non-hydrogen) atoms. The number of rotatable bonds is 6. The zero-order valence-electron chi connectivity index (χ0n) is 15.5. The summed E-state index contributed by atoms with van der Waals surface area (Å²) in [6.07, 6.45) is 3.35. The van der Waals surface area contributed by atoms with Crippen molar-refractivity contribution in [3.63, 3.8) is 0 Å². The van der Waals surface area contributed by atoms with Crippen molar-refractivity contribution in [2.24, 2.45) is 0 Å². The molecule has 0 radical (unpaired) electrons. The van der Waals surface area contributed by atoms with Gasteiger partial charge in [-0.3, -0.25) is 9.59 Å². The number of furan rings is 2. The standard InChI is InChI=1S/C22H20N2O4/c1-24(13-20(25)23-12-17-6-4-10-27-17)21(26)11-16-14-28-19-9-8-15-5-2-3-7-18(15)22(16)19/h2-10,14H,11-13H2,1H3,(H,23,25). The Morgan fingerprint density at radius 1 is 1.04 bits per heavy atom. The van der Waals surface area contributed by atoms with E-state index in [9.17, 15) is 9.59 Å². The van der Waals surface area contributed by atoms with Gasteiger partial charge in [-0.1, -0.05) is 30.3 Å². The molecule has 0 unspecified atom stereocenters. The van der Waals surface area contributed by atoms with E-state index < -0.39 is 0 Å². The molecular weight excluding hydrogens is 356 g/mol. The molecule has 0 aliphatic carbocycles. The van der Waals surface area contributed by atoms with Gasteiger partial charge in [-0.2, -0.15) is 0 Å². The highest BCUT2D eigenvalue weighted by Gasteiger charge is 2.17. The zero-order chi connectivity index (χ0) is 19.5. The molecule has 0 aliphatic heterocycles. The summed E-state index contributed by atoms with van der Waals surface area (Å²) in [6.45, 7) is 0.280. The van der Waals surface area contributed by atoms with E-state index in [0.29, 0.717) is 12.3 Å². The normalized spacial score (nSPS) is 11.0. The van der Waals surface area contributed by atoms with E-state index in [2.05, 4.69) is 5.32 Å². The van der Waals surface area contributed by atoms with Gasteiger partial charge < -0.3 is 19.1 Å². The van der Waals surface area contributed by atoms with Gasteiger partial charge in [-0.05, 0) is 29.0 Å². The van der Waals surface area contributed by atoms with Crippen LogP contribution in [0, 0.1) is 0 Å². The van der Waals surface area contributed by atoms with Crippen molar-refractivity contribution in [3.05, 3.63) is 72.4 Å². The predicted octanol–water partition coefficient (Wildman–Crippen LogP) is 3.50. The van der Waals surface area contributed by atoms with Crippen LogP contribution in [-0.2, 0) is 22.6 Å². The molecule has 0 saturated carbocycles. The molecule has 4 aromatic rings. The van der Waals surface area contributed by atoms with Crippen LogP contribution < -0.4 is 5.32 Å². The smallest absolute Gasteiger partial charge is 0.239 e. The fraction of sp³-hybridized carbons (Fsp3) is 0.182. The van der Waals surface area contributed by atoms with Crippen molar-refractivity contribution in [2.45, 2.75) is 13.0 Å². The molecule has 6 nitrogen and oxygen atoms in total. The summed E-state index contributed by atoms with van der Waals surface area (Å²) in [7, 11) is 1.62. The molecule has 2 aromatic heterocycles. The first-order valence-electron chi connectivity index (χ1n) is 9.02. The SMILES string of the molecule is CN(CC(=O)NCc1ccco1)C(=O)Cc1coc2ccc3ccccc3c12. The van der Waals surface area contributed by atoms with Crippen molar-refractivity contribution in [3.8, 4) is 0 Å². The van der Waals surface area contributed by atoms with Crippen LogP contribution in [0.15, 0.2) is 69.9 Å². The van der Waals surface area contributed by atoms with Gasteiger partial charge >= 0.3 is 0 Å². The first-order chi connectivity index (χ1) is 13.6. The molecule has 4 rings (SSSR count). The fourth-order valence-corrected chi connectivity index (χ4v) is 3.26. The molecule has 6 heteroatoms. The Bertz CT molecular complexity index is 1130. The first kappa shape index (κ1) is 17.9. The number of likely N-dealkylation sites (N-methyl/N-ethyl adjacent to an activating group) is 1. The highest BCUT2D eigenvalue weighted by Crippen LogP contribution is 2.30. The third-order valence-electron chi connectivity index (χ3n) is 4.73. The Kier molecular flexibility index (Phi) is 4.85. The maximum absolute atomic E-state index is 12.6. The topological polar surface area (TPSA) is 75.7 Å². The van der Waals surface area contributed by atoms with Gasteiger partial charge in [0.05, 0.1) is 32.0 Å². The van der Waals surface area contributed by atoms with Crippen molar-refractivity contribution < 1.29 is 18.4 Å². The summed E-state index contributed by atoms with van der Waals surface area (Å²) in [5, 5.41) is 5.83. The lowest BCUT2D eigenvalue weighted by atomic mass is 10.0. The molecule has 0 atom stereocenters. The van der Waals surface area contributed by atoms with Crippen molar-refractivity contribution in [1.29, 1.82) is 0 Å². The van der Waals surface area contributed by atoms with Crippen LogP contribution in [-0.4, -0.2) is 30.3 Å². The van der Waals surface area contributed by atoms with Crippen molar-refractivity contribution >= 4 is 33.6 Å². The molecule has 0 fully saturated rings. The minimum atomic E-state index is -0.241. The van der Waals surface area contributed by atoms with Crippen LogP contribution in [0.3, 0.4) is 0 Å². The Morgan fingerprint density at radius 2 is 1.89 bits per heavy atom. The van der Waals surface area contributed by atoms with E-state index in [1.165, 1.54) is 4.90 Å². The van der Waals surface area contributed by atoms with Gasteiger partial charge in [-0.15, -0.1) is 0 Å². The van der Waals surface area contributed by atoms with E-state index in [4.69, 9.17) is 8.83 Å². The summed E-state index contributed by atoms with van der Waals surface area (Å²) >= 11 is 0. The second-order valence-corrected chi connectivity index (χ2v) is 6.70. The second kappa shape index (κ2) is 7.60. The molecule has 2 amide bonds. The third kappa shape index (κ3) is 3.62. The van der Waals surface area contributed by atoms with Gasteiger partial charge in [0.15, 0.2) is 0 Å². The lowest BCUT2D eigenvalue weighted by Crippen LogP contribution is -2.38. The average Bonchev–Trinajstić information content (AvgIpc) is 3.36. The number of nitrogens with one attached hydrogen (secondary N) is 1. The van der Waals surface area contributed by atoms with Crippen LogP contribution in [0.5, 0.6) is 0 Å². The highest BCUT2D eigenvalue weighted by atomic mass is 16.3. The van der Waals surface area contributed by atoms with Crippen molar-refractivity contribution in [1.82, 2.24) is 10.2 Å². The summed E-state index contributed by atoms with van der Waals surface area (Å²) in [6, 6.07) is 15.5. The second-order valence-electron chi connectivity index (χ2n) is 6.70. The Morgan fingerprint density at radius 3 is 2.71 bits per heavy atom. The number of carbonyl (C=O) groups is 2. The van der Waals surface area contributed by atoms with Gasteiger partial charge in [0.25, 0.3) is 0 Å². The monoisotopic (exact) mass is 376 g/mol. The van der Waals surface area contributed by atoms with Crippen LogP contribution in [0.25, 0.3) is 21.7 Å². The number of fused-ring (bicyclic) bond motifs is 3. The van der Waals surface area contributed by atoms with Crippen molar-refractivity contribution in [2.75, 3.05) is 13.6 Å². The molecule has 1 N–H and O–H groups in total. The first-order valence-corrected chi connectivity index (χ1v) is 9.02. The summed E-state index contributed by atoms with van der Waals surface area (Å²) in [5.74, 6) is 0.276. The van der Waals surface area contributed by atoms with Gasteiger partial charge in [0.1, 0.15) is 11.3 Å². The third-order valence-corrected chi connectivity index (χ3v) is 4.73. The van der Waals surface area contributed by atoms with Crippen LogP contribution >= 0.6 is 0 Å². The molecule has 2 heterocycles. The molecule has 0 saturated heterocycles. The molecule has 0 bridgehead atoms. The Balaban J connectivity index is 1.44. The summed E-state index contributed by atoms with van der Waals surface area (Å²) in [5.41, 5.74) is 1.57. The summed E-state index contributed by atoms with van der Waals surface area (Å²) in [4.78, 5) is 26.1. The number of nitrogens with zero attached hydrogens (tertiary/aromatic N) is 1. The summed E-state index contributed by atoms with van der Waals surface area (Å²) < 4.78 is 10.8.